The Morgan fingerprint density at radius 2 is 2.22 bits per heavy atom. The van der Waals surface area contributed by atoms with Crippen LogP contribution in [0.5, 0.6) is 0 Å². The van der Waals surface area contributed by atoms with Gasteiger partial charge in [-0.15, -0.1) is 11.3 Å². The zero-order valence-electron chi connectivity index (χ0n) is 10.0. The Kier molecular flexibility index (Phi) is 2.20. The van der Waals surface area contributed by atoms with Crippen LogP contribution < -0.4 is 4.90 Å². The van der Waals surface area contributed by atoms with Gasteiger partial charge in [0.25, 0.3) is 0 Å². The number of piperidine rings is 3. The standard InChI is InChI=1S/C12H15N3O2S/c16-11-15(10-13-3-6-18-10)8-12(17-11)7-14-4-1-9(12)2-5-14/h3,6,9H,1-2,4-5,7-8H2. The summed E-state index contributed by atoms with van der Waals surface area (Å²) in [6, 6.07) is 0. The van der Waals surface area contributed by atoms with Crippen LogP contribution in [0.2, 0.25) is 0 Å². The maximum Gasteiger partial charge on any atom is 0.416 e. The third-order valence-corrected chi connectivity index (χ3v) is 5.20. The van der Waals surface area contributed by atoms with Gasteiger partial charge in [-0.1, -0.05) is 0 Å². The largest absolute Gasteiger partial charge is 0.439 e. The average Bonchev–Trinajstić information content (AvgIpc) is 2.99. The Hall–Kier alpha value is -1.14. The number of thiazole rings is 1. The molecule has 1 unspecified atom stereocenters. The summed E-state index contributed by atoms with van der Waals surface area (Å²) >= 11 is 1.49. The quantitative estimate of drug-likeness (QED) is 0.773. The van der Waals surface area contributed by atoms with E-state index in [-0.39, 0.29) is 11.7 Å². The van der Waals surface area contributed by atoms with E-state index < -0.39 is 0 Å². The summed E-state index contributed by atoms with van der Waals surface area (Å²) in [7, 11) is 0. The number of anilines is 1. The van der Waals surface area contributed by atoms with E-state index in [1.54, 1.807) is 11.1 Å². The van der Waals surface area contributed by atoms with Crippen molar-refractivity contribution in [2.24, 2.45) is 5.92 Å². The van der Waals surface area contributed by atoms with Crippen LogP contribution in [0.25, 0.3) is 0 Å². The highest BCUT2D eigenvalue weighted by molar-refractivity contribution is 7.13. The fourth-order valence-electron chi connectivity index (χ4n) is 3.51. The predicted octanol–water partition coefficient (Wildman–Crippen LogP) is 1.56. The maximum absolute atomic E-state index is 12.1. The second-order valence-electron chi connectivity index (χ2n) is 5.38. The van der Waals surface area contributed by atoms with Crippen molar-refractivity contribution < 1.29 is 9.53 Å². The number of aromatic nitrogens is 1. The van der Waals surface area contributed by atoms with E-state index in [2.05, 4.69) is 9.88 Å². The van der Waals surface area contributed by atoms with Crippen LogP contribution in [0.3, 0.4) is 0 Å². The summed E-state index contributed by atoms with van der Waals surface area (Å²) in [4.78, 5) is 20.4. The molecular formula is C12H15N3O2S. The van der Waals surface area contributed by atoms with E-state index in [0.717, 1.165) is 37.6 Å². The van der Waals surface area contributed by atoms with Crippen molar-refractivity contribution in [1.29, 1.82) is 0 Å². The number of hydrogen-bond acceptors (Lipinski definition) is 5. The first-order valence-electron chi connectivity index (χ1n) is 6.39. The van der Waals surface area contributed by atoms with E-state index in [1.165, 1.54) is 11.3 Å². The fourth-order valence-corrected chi connectivity index (χ4v) is 4.14. The predicted molar refractivity (Wildman–Crippen MR) is 67.8 cm³/mol. The molecule has 4 saturated heterocycles. The smallest absolute Gasteiger partial charge is 0.416 e. The van der Waals surface area contributed by atoms with Crippen molar-refractivity contribution in [1.82, 2.24) is 9.88 Å². The first-order valence-corrected chi connectivity index (χ1v) is 7.27. The van der Waals surface area contributed by atoms with Crippen LogP contribution in [0.4, 0.5) is 9.93 Å². The van der Waals surface area contributed by atoms with Crippen LogP contribution in [0.15, 0.2) is 11.6 Å². The third kappa shape index (κ3) is 1.42. The average molecular weight is 265 g/mol. The number of ether oxygens (including phenoxy) is 1. The van der Waals surface area contributed by atoms with E-state index >= 15 is 0 Å². The molecule has 1 atom stereocenters. The minimum Gasteiger partial charge on any atom is -0.439 e. The Morgan fingerprint density at radius 3 is 2.83 bits per heavy atom. The monoisotopic (exact) mass is 265 g/mol. The number of amides is 1. The van der Waals surface area contributed by atoms with Gasteiger partial charge in [0.05, 0.1) is 6.54 Å². The van der Waals surface area contributed by atoms with Gasteiger partial charge in [0.15, 0.2) is 5.13 Å². The molecule has 5 heterocycles. The van der Waals surface area contributed by atoms with Crippen LogP contribution in [-0.2, 0) is 4.74 Å². The Bertz CT molecular complexity index is 470. The molecule has 5 nitrogen and oxygen atoms in total. The zero-order valence-corrected chi connectivity index (χ0v) is 10.9. The van der Waals surface area contributed by atoms with Gasteiger partial charge in [-0.25, -0.2) is 14.7 Å². The number of rotatable bonds is 1. The van der Waals surface area contributed by atoms with E-state index in [9.17, 15) is 4.79 Å². The summed E-state index contributed by atoms with van der Waals surface area (Å²) in [5, 5.41) is 2.65. The molecule has 0 radical (unpaired) electrons. The number of hydrogen-bond donors (Lipinski definition) is 0. The lowest BCUT2D eigenvalue weighted by atomic mass is 9.75. The Balaban J connectivity index is 1.64. The van der Waals surface area contributed by atoms with Crippen molar-refractivity contribution in [3.63, 3.8) is 0 Å². The summed E-state index contributed by atoms with van der Waals surface area (Å²) < 4.78 is 5.77. The van der Waals surface area contributed by atoms with E-state index in [4.69, 9.17) is 4.74 Å². The lowest BCUT2D eigenvalue weighted by Gasteiger charge is -2.49. The van der Waals surface area contributed by atoms with Gasteiger partial charge < -0.3 is 4.74 Å². The summed E-state index contributed by atoms with van der Waals surface area (Å²) in [6.45, 7) is 3.87. The molecule has 1 aromatic heterocycles. The molecule has 1 spiro atoms. The SMILES string of the molecule is O=C1OC2(CN3CCC2CC3)CN1c1nccs1. The first kappa shape index (κ1) is 10.8. The van der Waals surface area contributed by atoms with Gasteiger partial charge in [-0.2, -0.15) is 0 Å². The number of carbonyl (C=O) groups excluding carboxylic acids is 1. The van der Waals surface area contributed by atoms with Crippen molar-refractivity contribution >= 4 is 22.6 Å². The molecule has 0 saturated carbocycles. The second-order valence-corrected chi connectivity index (χ2v) is 6.26. The van der Waals surface area contributed by atoms with Crippen molar-refractivity contribution in [2.75, 3.05) is 31.1 Å². The molecule has 1 aromatic rings. The Labute approximate surface area is 109 Å². The molecule has 2 bridgehead atoms. The highest BCUT2D eigenvalue weighted by Crippen LogP contribution is 2.43. The highest BCUT2D eigenvalue weighted by atomic mass is 32.1. The molecule has 4 aliphatic rings. The second kappa shape index (κ2) is 3.68. The van der Waals surface area contributed by atoms with Crippen LogP contribution in [0, 0.1) is 5.92 Å². The normalized spacial score (nSPS) is 38.4. The van der Waals surface area contributed by atoms with Gasteiger partial charge in [-0.3, -0.25) is 4.90 Å². The van der Waals surface area contributed by atoms with Crippen LogP contribution >= 0.6 is 11.3 Å². The van der Waals surface area contributed by atoms with Gasteiger partial charge in [-0.05, 0) is 25.9 Å². The molecule has 4 aliphatic heterocycles. The molecule has 0 N–H and O–H groups in total. The molecule has 5 rings (SSSR count). The molecule has 0 aliphatic carbocycles. The summed E-state index contributed by atoms with van der Waals surface area (Å²) in [5.41, 5.74) is -0.279. The van der Waals surface area contributed by atoms with Gasteiger partial charge in [0.2, 0.25) is 0 Å². The van der Waals surface area contributed by atoms with Crippen molar-refractivity contribution in [2.45, 2.75) is 18.4 Å². The van der Waals surface area contributed by atoms with Crippen molar-refractivity contribution in [3.8, 4) is 0 Å². The molecule has 4 fully saturated rings. The minimum atomic E-state index is -0.279. The summed E-state index contributed by atoms with van der Waals surface area (Å²) in [5.74, 6) is 0.524. The lowest BCUT2D eigenvalue weighted by molar-refractivity contribution is -0.0881. The topological polar surface area (TPSA) is 45.7 Å². The number of carbonyl (C=O) groups is 1. The molecule has 6 heteroatoms. The molecule has 18 heavy (non-hydrogen) atoms. The number of nitrogens with zero attached hydrogens (tertiary/aromatic N) is 3. The van der Waals surface area contributed by atoms with E-state index in [1.807, 2.05) is 5.38 Å². The molecule has 0 aromatic carbocycles. The van der Waals surface area contributed by atoms with E-state index in [0.29, 0.717) is 12.5 Å². The van der Waals surface area contributed by atoms with Gasteiger partial charge in [0, 0.05) is 24.0 Å². The first-order chi connectivity index (χ1) is 8.77. The number of fused-ring (bicyclic) bond motifs is 2. The highest BCUT2D eigenvalue weighted by Gasteiger charge is 2.56. The Morgan fingerprint density at radius 1 is 1.39 bits per heavy atom. The van der Waals surface area contributed by atoms with Crippen LogP contribution in [-0.4, -0.2) is 47.8 Å². The van der Waals surface area contributed by atoms with Gasteiger partial charge in [0.1, 0.15) is 5.60 Å². The fraction of sp³-hybridized carbons (Fsp3) is 0.667. The zero-order chi connectivity index (χ0) is 12.2. The summed E-state index contributed by atoms with van der Waals surface area (Å²) in [6.07, 6.45) is 3.81. The molecular weight excluding hydrogens is 250 g/mol. The lowest BCUT2D eigenvalue weighted by Crippen LogP contribution is -2.61. The molecule has 1 amide bonds. The maximum atomic E-state index is 12.1. The third-order valence-electron chi connectivity index (χ3n) is 4.41. The van der Waals surface area contributed by atoms with Crippen LogP contribution in [0.1, 0.15) is 12.8 Å². The minimum absolute atomic E-state index is 0.223. The van der Waals surface area contributed by atoms with Crippen molar-refractivity contribution in [3.05, 3.63) is 11.6 Å². The molecule has 96 valence electrons. The van der Waals surface area contributed by atoms with Gasteiger partial charge >= 0.3 is 6.09 Å².